The smallest absolute Gasteiger partial charge is 0.129 e. The molecule has 0 saturated carbocycles. The van der Waals surface area contributed by atoms with Crippen LogP contribution in [0, 0.1) is 5.82 Å². The van der Waals surface area contributed by atoms with Crippen molar-refractivity contribution in [2.45, 2.75) is 12.5 Å². The van der Waals surface area contributed by atoms with Gasteiger partial charge in [0, 0.05) is 28.9 Å². The van der Waals surface area contributed by atoms with Crippen molar-refractivity contribution in [2.24, 2.45) is 5.84 Å². The average Bonchev–Trinajstić information content (AvgIpc) is 2.38. The molecule has 3 N–H and O–H groups in total. The van der Waals surface area contributed by atoms with Crippen molar-refractivity contribution >= 4 is 11.6 Å². The minimum Gasteiger partial charge on any atom is -0.271 e. The number of halogens is 2. The van der Waals surface area contributed by atoms with E-state index in [-0.39, 0.29) is 11.9 Å². The van der Waals surface area contributed by atoms with E-state index in [2.05, 4.69) is 10.4 Å². The van der Waals surface area contributed by atoms with E-state index in [1.54, 1.807) is 18.3 Å². The molecule has 0 saturated heterocycles. The fourth-order valence-corrected chi connectivity index (χ4v) is 1.93. The molecule has 0 bridgehead atoms. The number of nitrogens with two attached hydrogens (primary N) is 1. The lowest BCUT2D eigenvalue weighted by Gasteiger charge is -2.16. The summed E-state index contributed by atoms with van der Waals surface area (Å²) in [6, 6.07) is 9.80. The highest BCUT2D eigenvalue weighted by atomic mass is 35.5. The first-order chi connectivity index (χ1) is 8.70. The van der Waals surface area contributed by atoms with Gasteiger partial charge in [0.05, 0.1) is 6.04 Å². The number of nitrogens with zero attached hydrogens (tertiary/aromatic N) is 1. The van der Waals surface area contributed by atoms with Crippen LogP contribution in [0.5, 0.6) is 0 Å². The van der Waals surface area contributed by atoms with Crippen molar-refractivity contribution < 1.29 is 4.39 Å². The highest BCUT2D eigenvalue weighted by molar-refractivity contribution is 6.30. The Hall–Kier alpha value is -1.49. The van der Waals surface area contributed by atoms with Gasteiger partial charge in [0.15, 0.2) is 0 Å². The molecule has 3 nitrogen and oxygen atoms in total. The molecule has 0 spiro atoms. The lowest BCUT2D eigenvalue weighted by atomic mass is 10.0. The van der Waals surface area contributed by atoms with Crippen LogP contribution in [0.4, 0.5) is 4.39 Å². The van der Waals surface area contributed by atoms with Crippen molar-refractivity contribution in [2.75, 3.05) is 0 Å². The summed E-state index contributed by atoms with van der Waals surface area (Å²) in [6.07, 6.45) is 2.21. The molecule has 0 fully saturated rings. The number of rotatable bonds is 4. The number of pyridine rings is 1. The molecule has 2 rings (SSSR count). The van der Waals surface area contributed by atoms with Gasteiger partial charge in [-0.05, 0) is 24.3 Å². The van der Waals surface area contributed by atoms with Crippen LogP contribution < -0.4 is 11.3 Å². The summed E-state index contributed by atoms with van der Waals surface area (Å²) in [5, 5.41) is 0.366. The van der Waals surface area contributed by atoms with Crippen molar-refractivity contribution in [3.8, 4) is 0 Å². The van der Waals surface area contributed by atoms with E-state index >= 15 is 0 Å². The summed E-state index contributed by atoms with van der Waals surface area (Å²) < 4.78 is 13.8. The lowest BCUT2D eigenvalue weighted by molar-refractivity contribution is 0.507. The summed E-state index contributed by atoms with van der Waals surface area (Å²) >= 11 is 5.72. The van der Waals surface area contributed by atoms with Crippen LogP contribution in [-0.2, 0) is 6.42 Å². The molecule has 0 aliphatic carbocycles. The van der Waals surface area contributed by atoms with Crippen LogP contribution in [0.1, 0.15) is 17.3 Å². The zero-order valence-electron chi connectivity index (χ0n) is 9.61. The first-order valence-electron chi connectivity index (χ1n) is 5.51. The maximum atomic E-state index is 13.8. The number of hydrogen-bond acceptors (Lipinski definition) is 3. The quantitative estimate of drug-likeness (QED) is 0.660. The van der Waals surface area contributed by atoms with Crippen LogP contribution >= 0.6 is 11.6 Å². The molecule has 0 aliphatic heterocycles. The van der Waals surface area contributed by atoms with Crippen molar-refractivity contribution in [1.82, 2.24) is 10.4 Å². The Morgan fingerprint density at radius 3 is 2.78 bits per heavy atom. The minimum atomic E-state index is -0.374. The molecule has 0 radical (unpaired) electrons. The summed E-state index contributed by atoms with van der Waals surface area (Å²) in [6.45, 7) is 0. The topological polar surface area (TPSA) is 50.9 Å². The third-order valence-corrected chi connectivity index (χ3v) is 2.91. The molecule has 18 heavy (non-hydrogen) atoms. The van der Waals surface area contributed by atoms with Gasteiger partial charge in [-0.15, -0.1) is 0 Å². The minimum absolute atomic E-state index is 0.336. The van der Waals surface area contributed by atoms with E-state index in [1.807, 2.05) is 18.2 Å². The van der Waals surface area contributed by atoms with Gasteiger partial charge >= 0.3 is 0 Å². The van der Waals surface area contributed by atoms with Gasteiger partial charge in [-0.2, -0.15) is 0 Å². The third kappa shape index (κ3) is 3.04. The maximum absolute atomic E-state index is 13.8. The summed E-state index contributed by atoms with van der Waals surface area (Å²) in [4.78, 5) is 4.20. The lowest BCUT2D eigenvalue weighted by Crippen LogP contribution is -2.30. The third-order valence-electron chi connectivity index (χ3n) is 2.68. The molecule has 1 aromatic carbocycles. The van der Waals surface area contributed by atoms with Crippen LogP contribution in [0.3, 0.4) is 0 Å². The average molecular weight is 266 g/mol. The highest BCUT2D eigenvalue weighted by Crippen LogP contribution is 2.22. The van der Waals surface area contributed by atoms with Gasteiger partial charge in [0.2, 0.25) is 0 Å². The van der Waals surface area contributed by atoms with E-state index < -0.39 is 0 Å². The van der Waals surface area contributed by atoms with Crippen LogP contribution in [0.2, 0.25) is 5.02 Å². The summed E-state index contributed by atoms with van der Waals surface area (Å²) in [5.74, 6) is 5.11. The van der Waals surface area contributed by atoms with Crippen molar-refractivity contribution in [1.29, 1.82) is 0 Å². The Bertz CT molecular complexity index is 519. The molecule has 5 heteroatoms. The Kier molecular flexibility index (Phi) is 4.25. The van der Waals surface area contributed by atoms with Crippen molar-refractivity contribution in [3.63, 3.8) is 0 Å². The van der Waals surface area contributed by atoms with Crippen LogP contribution in [0.25, 0.3) is 0 Å². The van der Waals surface area contributed by atoms with Gasteiger partial charge in [-0.3, -0.25) is 16.3 Å². The second kappa shape index (κ2) is 5.91. The molecule has 1 heterocycles. The van der Waals surface area contributed by atoms with E-state index in [4.69, 9.17) is 17.4 Å². The molecule has 94 valence electrons. The second-order valence-corrected chi connectivity index (χ2v) is 4.35. The van der Waals surface area contributed by atoms with E-state index in [0.29, 0.717) is 17.0 Å². The van der Waals surface area contributed by atoms with Gasteiger partial charge in [-0.25, -0.2) is 4.39 Å². The number of hydrogen-bond donors (Lipinski definition) is 2. The molecule has 1 aromatic heterocycles. The first kappa shape index (κ1) is 13.0. The SMILES string of the molecule is NNC(Cc1ccccn1)c1ccc(Cl)cc1F. The molecule has 1 atom stereocenters. The Labute approximate surface area is 110 Å². The van der Waals surface area contributed by atoms with Gasteiger partial charge < -0.3 is 0 Å². The van der Waals surface area contributed by atoms with Gasteiger partial charge in [0.1, 0.15) is 5.82 Å². The molecule has 0 amide bonds. The normalized spacial score (nSPS) is 12.4. The van der Waals surface area contributed by atoms with E-state index in [1.165, 1.54) is 6.07 Å². The predicted molar refractivity (Wildman–Crippen MR) is 69.4 cm³/mol. The largest absolute Gasteiger partial charge is 0.271 e. The van der Waals surface area contributed by atoms with Gasteiger partial charge in [0.25, 0.3) is 0 Å². The van der Waals surface area contributed by atoms with E-state index in [9.17, 15) is 4.39 Å². The zero-order chi connectivity index (χ0) is 13.0. The van der Waals surface area contributed by atoms with Crippen molar-refractivity contribution in [3.05, 3.63) is 64.7 Å². The second-order valence-electron chi connectivity index (χ2n) is 3.91. The first-order valence-corrected chi connectivity index (χ1v) is 5.89. The molecule has 2 aromatic rings. The maximum Gasteiger partial charge on any atom is 0.129 e. The fraction of sp³-hybridized carbons (Fsp3) is 0.154. The Balaban J connectivity index is 2.23. The standard InChI is InChI=1S/C13H13ClFN3/c14-9-4-5-11(12(15)7-9)13(18-16)8-10-3-1-2-6-17-10/h1-7,13,18H,8,16H2. The van der Waals surface area contributed by atoms with Crippen LogP contribution in [-0.4, -0.2) is 4.98 Å². The molecule has 1 unspecified atom stereocenters. The molecular weight excluding hydrogens is 253 g/mol. The number of benzene rings is 1. The molecular formula is C13H13ClFN3. The number of nitrogens with one attached hydrogen (secondary N) is 1. The molecule has 0 aliphatic rings. The zero-order valence-corrected chi connectivity index (χ0v) is 10.4. The van der Waals surface area contributed by atoms with E-state index in [0.717, 1.165) is 5.69 Å². The predicted octanol–water partition coefficient (Wildman–Crippen LogP) is 2.62. The Morgan fingerprint density at radius 2 is 2.17 bits per heavy atom. The monoisotopic (exact) mass is 265 g/mol. The number of hydrazine groups is 1. The Morgan fingerprint density at radius 1 is 1.33 bits per heavy atom. The summed E-state index contributed by atoms with van der Waals surface area (Å²) in [5.41, 5.74) is 3.93. The van der Waals surface area contributed by atoms with Gasteiger partial charge in [-0.1, -0.05) is 23.7 Å². The fourth-order valence-electron chi connectivity index (χ4n) is 1.77. The summed E-state index contributed by atoms with van der Waals surface area (Å²) in [7, 11) is 0. The number of aromatic nitrogens is 1. The van der Waals surface area contributed by atoms with Crippen LogP contribution in [0.15, 0.2) is 42.6 Å². The highest BCUT2D eigenvalue weighted by Gasteiger charge is 2.15.